The molecule has 1 aliphatic heterocycles. The molecule has 1 aromatic rings. The normalized spacial score (nSPS) is 21.0. The zero-order valence-corrected chi connectivity index (χ0v) is 12.5. The molecule has 0 bridgehead atoms. The number of nitrogens with zero attached hydrogens (tertiary/aromatic N) is 1. The number of halogens is 1. The van der Waals surface area contributed by atoms with Gasteiger partial charge >= 0.3 is 0 Å². The Labute approximate surface area is 119 Å². The van der Waals surface area contributed by atoms with Crippen molar-refractivity contribution in [1.82, 2.24) is 4.31 Å². The van der Waals surface area contributed by atoms with Crippen LogP contribution >= 0.6 is 0 Å². The van der Waals surface area contributed by atoms with E-state index in [0.29, 0.717) is 6.54 Å². The molecule has 6 heteroatoms. The van der Waals surface area contributed by atoms with Crippen LogP contribution in [0.2, 0.25) is 0 Å². The minimum Gasteiger partial charge on any atom is -0.396 e. The second kappa shape index (κ2) is 6.10. The van der Waals surface area contributed by atoms with Crippen molar-refractivity contribution in [2.75, 3.05) is 12.3 Å². The van der Waals surface area contributed by atoms with Crippen molar-refractivity contribution in [3.63, 3.8) is 0 Å². The third kappa shape index (κ3) is 2.96. The van der Waals surface area contributed by atoms with Crippen LogP contribution in [-0.2, 0) is 10.0 Å². The molecule has 1 unspecified atom stereocenters. The molecule has 0 aromatic heterocycles. The second-order valence-corrected chi connectivity index (χ2v) is 7.13. The highest BCUT2D eigenvalue weighted by Gasteiger charge is 2.33. The van der Waals surface area contributed by atoms with Gasteiger partial charge in [0.25, 0.3) is 0 Å². The molecule has 1 fully saturated rings. The average Bonchev–Trinajstić information content (AvgIpc) is 2.42. The minimum absolute atomic E-state index is 0.00722. The molecular weight excluding hydrogens is 279 g/mol. The van der Waals surface area contributed by atoms with E-state index in [-0.39, 0.29) is 16.6 Å². The van der Waals surface area contributed by atoms with E-state index < -0.39 is 15.8 Å². The maximum Gasteiger partial charge on any atom is 0.243 e. The molecule has 112 valence electrons. The van der Waals surface area contributed by atoms with Gasteiger partial charge in [0.15, 0.2) is 0 Å². The average molecular weight is 300 g/mol. The van der Waals surface area contributed by atoms with E-state index >= 15 is 0 Å². The van der Waals surface area contributed by atoms with Crippen molar-refractivity contribution in [3.8, 4) is 0 Å². The van der Waals surface area contributed by atoms with E-state index in [4.69, 9.17) is 5.73 Å². The van der Waals surface area contributed by atoms with Crippen LogP contribution in [0.15, 0.2) is 23.1 Å². The highest BCUT2D eigenvalue weighted by atomic mass is 32.2. The Morgan fingerprint density at radius 1 is 1.40 bits per heavy atom. The van der Waals surface area contributed by atoms with Crippen molar-refractivity contribution in [1.29, 1.82) is 0 Å². The summed E-state index contributed by atoms with van der Waals surface area (Å²) < 4.78 is 40.4. The quantitative estimate of drug-likeness (QED) is 0.870. The molecule has 1 aliphatic rings. The van der Waals surface area contributed by atoms with Gasteiger partial charge < -0.3 is 5.73 Å². The molecule has 2 rings (SSSR count). The van der Waals surface area contributed by atoms with Gasteiger partial charge in [-0.25, -0.2) is 12.8 Å². The molecule has 2 N–H and O–H groups in total. The lowest BCUT2D eigenvalue weighted by Crippen LogP contribution is -2.43. The summed E-state index contributed by atoms with van der Waals surface area (Å²) in [7, 11) is -3.63. The molecule has 20 heavy (non-hydrogen) atoms. The van der Waals surface area contributed by atoms with Gasteiger partial charge in [0.1, 0.15) is 5.82 Å². The van der Waals surface area contributed by atoms with Crippen LogP contribution in [0.3, 0.4) is 0 Å². The zero-order valence-electron chi connectivity index (χ0n) is 11.7. The third-order valence-electron chi connectivity index (χ3n) is 3.77. The highest BCUT2D eigenvalue weighted by Crippen LogP contribution is 2.28. The van der Waals surface area contributed by atoms with Gasteiger partial charge in [-0.2, -0.15) is 4.31 Å². The number of piperidine rings is 1. The monoisotopic (exact) mass is 300 g/mol. The Hall–Kier alpha value is -1.14. The van der Waals surface area contributed by atoms with Gasteiger partial charge in [-0.3, -0.25) is 0 Å². The second-order valence-electron chi connectivity index (χ2n) is 5.24. The SMILES string of the molecule is CCCC1CCCCN1S(=O)(=O)c1ccc(N)c(F)c1. The van der Waals surface area contributed by atoms with E-state index in [0.717, 1.165) is 38.2 Å². The molecule has 1 aromatic carbocycles. The van der Waals surface area contributed by atoms with E-state index in [1.54, 1.807) is 0 Å². The first-order valence-corrected chi connectivity index (χ1v) is 8.47. The summed E-state index contributed by atoms with van der Waals surface area (Å²) in [6.07, 6.45) is 4.57. The Bertz CT molecular complexity index is 573. The van der Waals surface area contributed by atoms with Crippen LogP contribution in [-0.4, -0.2) is 25.3 Å². The molecule has 0 aliphatic carbocycles. The first-order chi connectivity index (χ1) is 9.46. The van der Waals surface area contributed by atoms with Crippen LogP contribution in [0, 0.1) is 5.82 Å². The fourth-order valence-electron chi connectivity index (χ4n) is 2.72. The number of sulfonamides is 1. The number of anilines is 1. The summed E-state index contributed by atoms with van der Waals surface area (Å²) in [6.45, 7) is 2.56. The zero-order chi connectivity index (χ0) is 14.8. The Morgan fingerprint density at radius 3 is 2.80 bits per heavy atom. The molecule has 4 nitrogen and oxygen atoms in total. The molecule has 0 spiro atoms. The first-order valence-electron chi connectivity index (χ1n) is 7.03. The Kier molecular flexibility index (Phi) is 4.65. The standard InChI is InChI=1S/C14H21FN2O2S/c1-2-5-11-6-3-4-9-17(11)20(18,19)12-7-8-14(16)13(15)10-12/h7-8,10-11H,2-6,9,16H2,1H3. The number of benzene rings is 1. The van der Waals surface area contributed by atoms with E-state index in [1.165, 1.54) is 16.4 Å². The Morgan fingerprint density at radius 2 is 2.15 bits per heavy atom. The number of nitrogen functional groups attached to an aromatic ring is 1. The summed E-state index contributed by atoms with van der Waals surface area (Å²) in [4.78, 5) is -0.00722. The summed E-state index contributed by atoms with van der Waals surface area (Å²) in [5.74, 6) is -0.685. The molecule has 0 saturated carbocycles. The van der Waals surface area contributed by atoms with E-state index in [9.17, 15) is 12.8 Å². The topological polar surface area (TPSA) is 63.4 Å². The molecule has 1 saturated heterocycles. The molecule has 1 atom stereocenters. The van der Waals surface area contributed by atoms with Crippen molar-refractivity contribution in [2.24, 2.45) is 0 Å². The van der Waals surface area contributed by atoms with Gasteiger partial charge in [0.05, 0.1) is 10.6 Å². The fourth-order valence-corrected chi connectivity index (χ4v) is 4.45. The number of hydrogen-bond acceptors (Lipinski definition) is 3. The molecule has 1 heterocycles. The number of rotatable bonds is 4. The maximum atomic E-state index is 13.5. The third-order valence-corrected chi connectivity index (χ3v) is 5.72. The largest absolute Gasteiger partial charge is 0.396 e. The number of hydrogen-bond donors (Lipinski definition) is 1. The molecular formula is C14H21FN2O2S. The summed E-state index contributed by atoms with van der Waals surface area (Å²) >= 11 is 0. The molecule has 0 radical (unpaired) electrons. The molecule has 0 amide bonds. The van der Waals surface area contributed by atoms with Gasteiger partial charge in [0, 0.05) is 12.6 Å². The lowest BCUT2D eigenvalue weighted by Gasteiger charge is -2.34. The summed E-state index contributed by atoms with van der Waals surface area (Å²) in [6, 6.07) is 3.73. The predicted molar refractivity (Wildman–Crippen MR) is 77.3 cm³/mol. The Balaban J connectivity index is 2.34. The van der Waals surface area contributed by atoms with E-state index in [2.05, 4.69) is 0 Å². The van der Waals surface area contributed by atoms with Gasteiger partial charge in [-0.1, -0.05) is 19.8 Å². The van der Waals surface area contributed by atoms with Gasteiger partial charge in [-0.15, -0.1) is 0 Å². The fraction of sp³-hybridized carbons (Fsp3) is 0.571. The lowest BCUT2D eigenvalue weighted by molar-refractivity contribution is 0.239. The smallest absolute Gasteiger partial charge is 0.243 e. The number of nitrogens with two attached hydrogens (primary N) is 1. The summed E-state index contributed by atoms with van der Waals surface area (Å²) in [5.41, 5.74) is 5.37. The van der Waals surface area contributed by atoms with Crippen LogP contribution in [0.5, 0.6) is 0 Å². The highest BCUT2D eigenvalue weighted by molar-refractivity contribution is 7.89. The van der Waals surface area contributed by atoms with Crippen molar-refractivity contribution in [2.45, 2.75) is 50.0 Å². The van der Waals surface area contributed by atoms with Crippen LogP contribution < -0.4 is 5.73 Å². The van der Waals surface area contributed by atoms with Gasteiger partial charge in [-0.05, 0) is 37.5 Å². The van der Waals surface area contributed by atoms with E-state index in [1.807, 2.05) is 6.92 Å². The van der Waals surface area contributed by atoms with Crippen molar-refractivity contribution in [3.05, 3.63) is 24.0 Å². The lowest BCUT2D eigenvalue weighted by atomic mass is 10.0. The van der Waals surface area contributed by atoms with Crippen LogP contribution in [0.1, 0.15) is 39.0 Å². The van der Waals surface area contributed by atoms with Crippen molar-refractivity contribution >= 4 is 15.7 Å². The first kappa shape index (κ1) is 15.3. The summed E-state index contributed by atoms with van der Waals surface area (Å²) in [5, 5.41) is 0. The van der Waals surface area contributed by atoms with Crippen LogP contribution in [0.25, 0.3) is 0 Å². The minimum atomic E-state index is -3.63. The maximum absolute atomic E-state index is 13.5. The van der Waals surface area contributed by atoms with Crippen molar-refractivity contribution < 1.29 is 12.8 Å². The van der Waals surface area contributed by atoms with Crippen LogP contribution in [0.4, 0.5) is 10.1 Å². The predicted octanol–water partition coefficient (Wildman–Crippen LogP) is 2.75. The van der Waals surface area contributed by atoms with Gasteiger partial charge in [0.2, 0.25) is 10.0 Å².